The Balaban J connectivity index is 1.11. The molecular weight excluding hydrogens is 539 g/mol. The van der Waals surface area contributed by atoms with Crippen LogP contribution in [0.15, 0.2) is 54.6 Å². The molecule has 2 aliphatic heterocycles. The van der Waals surface area contributed by atoms with E-state index in [1.54, 1.807) is 36.4 Å². The van der Waals surface area contributed by atoms with Gasteiger partial charge in [0.05, 0.1) is 47.4 Å². The molecule has 42 heavy (non-hydrogen) atoms. The normalized spacial score (nSPS) is 18.8. The third kappa shape index (κ3) is 6.20. The number of fused-ring (bicyclic) bond motifs is 1. The van der Waals surface area contributed by atoms with Crippen molar-refractivity contribution in [2.45, 2.75) is 51.1 Å². The van der Waals surface area contributed by atoms with Crippen LogP contribution in [0.2, 0.25) is 0 Å². The van der Waals surface area contributed by atoms with E-state index in [2.05, 4.69) is 19.8 Å². The zero-order valence-electron chi connectivity index (χ0n) is 23.0. The lowest BCUT2D eigenvalue weighted by molar-refractivity contribution is -0.0592. The number of ether oxygens (including phenoxy) is 2. The van der Waals surface area contributed by atoms with Gasteiger partial charge in [-0.05, 0) is 62.2 Å². The van der Waals surface area contributed by atoms with Crippen LogP contribution in [0.3, 0.4) is 0 Å². The molecule has 4 aromatic rings. The van der Waals surface area contributed by atoms with Gasteiger partial charge in [0, 0.05) is 30.8 Å². The van der Waals surface area contributed by atoms with Crippen molar-refractivity contribution in [3.8, 4) is 11.9 Å². The van der Waals surface area contributed by atoms with Gasteiger partial charge >= 0.3 is 5.97 Å². The van der Waals surface area contributed by atoms with Crippen molar-refractivity contribution >= 4 is 22.8 Å². The van der Waals surface area contributed by atoms with Crippen LogP contribution >= 0.6 is 0 Å². The van der Waals surface area contributed by atoms with Gasteiger partial charge in [-0.2, -0.15) is 10.2 Å². The Hall–Kier alpha value is -4.53. The number of halogens is 1. The SMILES string of the molecule is N#Cc1ccc(COc2cccc(NC3CCCN(Cc4nc5ccc(C(=O)O)cc5n4C[C@@H]4CCO4)C3)n2)c(F)c1. The van der Waals surface area contributed by atoms with Gasteiger partial charge in [0.25, 0.3) is 0 Å². The summed E-state index contributed by atoms with van der Waals surface area (Å²) in [7, 11) is 0. The van der Waals surface area contributed by atoms with Crippen molar-refractivity contribution in [2.24, 2.45) is 0 Å². The number of pyridine rings is 1. The Labute approximate surface area is 242 Å². The van der Waals surface area contributed by atoms with E-state index < -0.39 is 11.8 Å². The number of carbonyl (C=O) groups is 1. The third-order valence-corrected chi connectivity index (χ3v) is 7.76. The van der Waals surface area contributed by atoms with Gasteiger partial charge in [-0.1, -0.05) is 12.1 Å². The summed E-state index contributed by atoms with van der Waals surface area (Å²) >= 11 is 0. The molecule has 216 valence electrons. The molecular formula is C31H31FN6O4. The maximum Gasteiger partial charge on any atom is 0.335 e. The minimum absolute atomic E-state index is 0.00601. The number of nitrogens with zero attached hydrogens (tertiary/aromatic N) is 5. The van der Waals surface area contributed by atoms with Gasteiger partial charge in [0.2, 0.25) is 5.88 Å². The minimum Gasteiger partial charge on any atom is -0.478 e. The van der Waals surface area contributed by atoms with E-state index in [0.29, 0.717) is 30.4 Å². The quantitative estimate of drug-likeness (QED) is 0.282. The molecule has 2 saturated heterocycles. The van der Waals surface area contributed by atoms with Crippen LogP contribution in [-0.4, -0.2) is 62.4 Å². The highest BCUT2D eigenvalue weighted by molar-refractivity contribution is 5.92. The number of imidazole rings is 1. The first-order chi connectivity index (χ1) is 20.4. The number of likely N-dealkylation sites (tertiary alicyclic amines) is 1. The molecule has 6 rings (SSSR count). The molecule has 2 fully saturated rings. The smallest absolute Gasteiger partial charge is 0.335 e. The zero-order valence-corrected chi connectivity index (χ0v) is 23.0. The molecule has 0 bridgehead atoms. The molecule has 2 aromatic heterocycles. The predicted molar refractivity (Wildman–Crippen MR) is 153 cm³/mol. The van der Waals surface area contributed by atoms with Crippen molar-refractivity contribution < 1.29 is 23.8 Å². The number of rotatable bonds is 10. The Morgan fingerprint density at radius 2 is 2.07 bits per heavy atom. The highest BCUT2D eigenvalue weighted by atomic mass is 19.1. The van der Waals surface area contributed by atoms with Crippen molar-refractivity contribution in [2.75, 3.05) is 25.0 Å². The second-order valence-electron chi connectivity index (χ2n) is 10.7. The molecule has 0 amide bonds. The Morgan fingerprint density at radius 3 is 2.83 bits per heavy atom. The lowest BCUT2D eigenvalue weighted by Crippen LogP contribution is -2.42. The van der Waals surface area contributed by atoms with Crippen LogP contribution in [0.4, 0.5) is 10.2 Å². The van der Waals surface area contributed by atoms with E-state index in [0.717, 1.165) is 55.8 Å². The fourth-order valence-corrected chi connectivity index (χ4v) is 5.45. The monoisotopic (exact) mass is 570 g/mol. The molecule has 0 radical (unpaired) electrons. The average molecular weight is 571 g/mol. The Kier molecular flexibility index (Phi) is 7.99. The number of benzene rings is 2. The van der Waals surface area contributed by atoms with Gasteiger partial charge in [0.1, 0.15) is 24.1 Å². The highest BCUT2D eigenvalue weighted by Gasteiger charge is 2.26. The third-order valence-electron chi connectivity index (χ3n) is 7.76. The van der Waals surface area contributed by atoms with Gasteiger partial charge < -0.3 is 24.5 Å². The maximum atomic E-state index is 14.2. The topological polar surface area (TPSA) is 126 Å². The Morgan fingerprint density at radius 1 is 1.19 bits per heavy atom. The van der Waals surface area contributed by atoms with E-state index in [4.69, 9.17) is 19.7 Å². The first kappa shape index (κ1) is 27.6. The number of anilines is 1. The Bertz CT molecular complexity index is 1650. The van der Waals surface area contributed by atoms with Crippen LogP contribution in [0.25, 0.3) is 11.0 Å². The summed E-state index contributed by atoms with van der Waals surface area (Å²) < 4.78 is 27.8. The lowest BCUT2D eigenvalue weighted by Gasteiger charge is -2.33. The lowest BCUT2D eigenvalue weighted by atomic mass is 10.1. The maximum absolute atomic E-state index is 14.2. The number of hydrogen-bond donors (Lipinski definition) is 2. The molecule has 0 saturated carbocycles. The van der Waals surface area contributed by atoms with Crippen LogP contribution < -0.4 is 10.1 Å². The van der Waals surface area contributed by atoms with Gasteiger partial charge in [0.15, 0.2) is 0 Å². The first-order valence-electron chi connectivity index (χ1n) is 14.1. The van der Waals surface area contributed by atoms with Crippen molar-refractivity contribution in [3.63, 3.8) is 0 Å². The van der Waals surface area contributed by atoms with E-state index in [9.17, 15) is 14.3 Å². The molecule has 2 aliphatic rings. The largest absolute Gasteiger partial charge is 0.478 e. The van der Waals surface area contributed by atoms with Gasteiger partial charge in [-0.15, -0.1) is 0 Å². The summed E-state index contributed by atoms with van der Waals surface area (Å²) in [6.45, 7) is 3.74. The summed E-state index contributed by atoms with van der Waals surface area (Å²) in [4.78, 5) is 23.4. The molecule has 0 aliphatic carbocycles. The number of piperidine rings is 1. The molecule has 2 atom stereocenters. The number of carboxylic acid groups (broad SMARTS) is 1. The number of aromatic nitrogens is 3. The van der Waals surface area contributed by atoms with Crippen molar-refractivity contribution in [3.05, 3.63) is 82.9 Å². The number of aromatic carboxylic acids is 1. The number of carboxylic acids is 1. The molecule has 2 aromatic carbocycles. The van der Waals surface area contributed by atoms with Crippen LogP contribution in [0, 0.1) is 17.1 Å². The van der Waals surface area contributed by atoms with E-state index in [1.807, 2.05) is 18.2 Å². The second kappa shape index (κ2) is 12.1. The number of nitrogens with one attached hydrogen (secondary N) is 1. The number of nitriles is 1. The second-order valence-corrected chi connectivity index (χ2v) is 10.7. The summed E-state index contributed by atoms with van der Waals surface area (Å²) in [6, 6.07) is 16.9. The summed E-state index contributed by atoms with van der Waals surface area (Å²) in [6.07, 6.45) is 3.07. The molecule has 11 heteroatoms. The van der Waals surface area contributed by atoms with Crippen LogP contribution in [-0.2, 0) is 24.4 Å². The fraction of sp³-hybridized carbons (Fsp3) is 0.355. The molecule has 0 spiro atoms. The highest BCUT2D eigenvalue weighted by Crippen LogP contribution is 2.25. The molecule has 2 N–H and O–H groups in total. The summed E-state index contributed by atoms with van der Waals surface area (Å²) in [5, 5.41) is 22.0. The molecule has 10 nitrogen and oxygen atoms in total. The van der Waals surface area contributed by atoms with Crippen molar-refractivity contribution in [1.29, 1.82) is 5.26 Å². The van der Waals surface area contributed by atoms with Crippen LogP contribution in [0.1, 0.15) is 46.6 Å². The summed E-state index contributed by atoms with van der Waals surface area (Å²) in [5.41, 5.74) is 2.45. The van der Waals surface area contributed by atoms with Gasteiger partial charge in [-0.3, -0.25) is 4.90 Å². The van der Waals surface area contributed by atoms with Gasteiger partial charge in [-0.25, -0.2) is 14.2 Å². The first-order valence-corrected chi connectivity index (χ1v) is 14.1. The zero-order chi connectivity index (χ0) is 29.1. The summed E-state index contributed by atoms with van der Waals surface area (Å²) in [5.74, 6) is 0.508. The van der Waals surface area contributed by atoms with E-state index >= 15 is 0 Å². The standard InChI is InChI=1S/C31H31FN6O4/c32-25-13-20(15-33)6-7-22(25)19-42-30-5-1-4-28(36-30)34-23-3-2-11-37(16-23)18-29-35-26-9-8-21(31(39)40)14-27(26)38(29)17-24-10-12-41-24/h1,4-9,13-14,23-24H,2-3,10-12,16-19H2,(H,34,36)(H,39,40)/t23?,24-/m0/s1. The minimum atomic E-state index is -0.958. The van der Waals surface area contributed by atoms with E-state index in [1.165, 1.54) is 6.07 Å². The number of hydrogen-bond acceptors (Lipinski definition) is 8. The van der Waals surface area contributed by atoms with Crippen LogP contribution in [0.5, 0.6) is 5.88 Å². The predicted octanol–water partition coefficient (Wildman–Crippen LogP) is 4.58. The fourth-order valence-electron chi connectivity index (χ4n) is 5.45. The molecule has 4 heterocycles. The average Bonchev–Trinajstić information content (AvgIpc) is 3.30. The van der Waals surface area contributed by atoms with E-state index in [-0.39, 0.29) is 29.9 Å². The van der Waals surface area contributed by atoms with Crippen molar-refractivity contribution in [1.82, 2.24) is 19.4 Å². The molecule has 1 unspecified atom stereocenters.